The van der Waals surface area contributed by atoms with E-state index in [-0.39, 0.29) is 0 Å². The van der Waals surface area contributed by atoms with Gasteiger partial charge in [-0.3, -0.25) is 0 Å². The molecule has 0 atom stereocenters. The summed E-state index contributed by atoms with van der Waals surface area (Å²) in [5.41, 5.74) is 2.91. The molecule has 0 aromatic carbocycles. The number of hydrogen-bond donors (Lipinski definition) is 1. The molecule has 1 N–H and O–H groups in total. The molecular weight excluding hydrogens is 166 g/mol. The predicted octanol–water partition coefficient (Wildman–Crippen LogP) is 2.43. The van der Waals surface area contributed by atoms with Crippen LogP contribution < -0.4 is 5.32 Å². The molecule has 0 spiro atoms. The second-order valence-corrected chi connectivity index (χ2v) is 4.21. The van der Waals surface area contributed by atoms with Crippen molar-refractivity contribution in [1.29, 1.82) is 0 Å². The van der Waals surface area contributed by atoms with Crippen LogP contribution in [-0.2, 0) is 0 Å². The zero-order valence-corrected chi connectivity index (χ0v) is 8.08. The molecule has 1 aromatic rings. The van der Waals surface area contributed by atoms with Crippen molar-refractivity contribution in [2.45, 2.75) is 13.3 Å². The second-order valence-electron chi connectivity index (χ2n) is 3.09. The molecule has 1 aliphatic rings. The van der Waals surface area contributed by atoms with Crippen molar-refractivity contribution in [2.75, 3.05) is 13.1 Å². The average molecular weight is 179 g/mol. The van der Waals surface area contributed by atoms with Crippen molar-refractivity contribution >= 4 is 16.9 Å². The van der Waals surface area contributed by atoms with Crippen LogP contribution >= 0.6 is 11.3 Å². The molecule has 0 radical (unpaired) electrons. The lowest BCUT2D eigenvalue weighted by molar-refractivity contribution is 0.739. The Morgan fingerprint density at radius 3 is 3.00 bits per heavy atom. The molecule has 0 aliphatic carbocycles. The van der Waals surface area contributed by atoms with Crippen molar-refractivity contribution in [3.8, 4) is 0 Å². The highest BCUT2D eigenvalue weighted by Crippen LogP contribution is 2.24. The Morgan fingerprint density at radius 2 is 2.42 bits per heavy atom. The molecule has 1 aromatic heterocycles. The first-order valence-corrected chi connectivity index (χ1v) is 5.20. The molecule has 0 saturated carbocycles. The minimum atomic E-state index is 1.04. The summed E-state index contributed by atoms with van der Waals surface area (Å²) < 4.78 is 0. The van der Waals surface area contributed by atoms with Crippen molar-refractivity contribution in [3.63, 3.8) is 0 Å². The van der Waals surface area contributed by atoms with Crippen LogP contribution in [0.25, 0.3) is 5.57 Å². The zero-order valence-electron chi connectivity index (χ0n) is 7.26. The smallest absolute Gasteiger partial charge is 0.0208 e. The van der Waals surface area contributed by atoms with Gasteiger partial charge < -0.3 is 5.32 Å². The van der Waals surface area contributed by atoms with Gasteiger partial charge in [0.25, 0.3) is 0 Å². The molecule has 2 heteroatoms. The molecule has 0 amide bonds. The van der Waals surface area contributed by atoms with E-state index in [2.05, 4.69) is 29.8 Å². The van der Waals surface area contributed by atoms with Gasteiger partial charge in [-0.15, -0.1) is 11.3 Å². The summed E-state index contributed by atoms with van der Waals surface area (Å²) in [5.74, 6) is 0. The lowest BCUT2D eigenvalue weighted by Gasteiger charge is -2.13. The Balaban J connectivity index is 2.29. The summed E-state index contributed by atoms with van der Waals surface area (Å²) >= 11 is 1.83. The number of rotatable bonds is 1. The Bertz CT molecular complexity index is 299. The molecule has 1 nitrogen and oxygen atoms in total. The topological polar surface area (TPSA) is 12.0 Å². The van der Waals surface area contributed by atoms with E-state index >= 15 is 0 Å². The van der Waals surface area contributed by atoms with Crippen molar-refractivity contribution in [2.24, 2.45) is 0 Å². The van der Waals surface area contributed by atoms with E-state index in [1.807, 2.05) is 11.3 Å². The number of thiophene rings is 1. The molecule has 1 aliphatic heterocycles. The normalized spacial score (nSPS) is 17.6. The molecule has 0 saturated heterocycles. The highest BCUT2D eigenvalue weighted by molar-refractivity contribution is 7.10. The molecule has 2 rings (SSSR count). The van der Waals surface area contributed by atoms with E-state index in [0.29, 0.717) is 0 Å². The van der Waals surface area contributed by atoms with Crippen LogP contribution in [0.5, 0.6) is 0 Å². The van der Waals surface area contributed by atoms with Crippen molar-refractivity contribution < 1.29 is 0 Å². The first-order valence-electron chi connectivity index (χ1n) is 4.32. The van der Waals surface area contributed by atoms with Gasteiger partial charge in [0.1, 0.15) is 0 Å². The lowest BCUT2D eigenvalue weighted by atomic mass is 10.0. The minimum Gasteiger partial charge on any atom is -0.312 e. The van der Waals surface area contributed by atoms with Crippen LogP contribution in [0, 0.1) is 6.92 Å². The van der Waals surface area contributed by atoms with E-state index < -0.39 is 0 Å². The molecule has 12 heavy (non-hydrogen) atoms. The number of hydrogen-bond acceptors (Lipinski definition) is 2. The Morgan fingerprint density at radius 1 is 1.50 bits per heavy atom. The summed E-state index contributed by atoms with van der Waals surface area (Å²) in [6, 6.07) is 2.22. The third kappa shape index (κ3) is 1.45. The fraction of sp³-hybridized carbons (Fsp3) is 0.400. The fourth-order valence-electron chi connectivity index (χ4n) is 1.57. The quantitative estimate of drug-likeness (QED) is 0.698. The van der Waals surface area contributed by atoms with E-state index in [9.17, 15) is 0 Å². The van der Waals surface area contributed by atoms with Gasteiger partial charge in [-0.1, -0.05) is 6.08 Å². The van der Waals surface area contributed by atoms with Gasteiger partial charge in [-0.2, -0.15) is 0 Å². The standard InChI is InChI=1S/C10H13NS/c1-8-10(4-6-12-8)9-3-2-5-11-7-9/h3-4,6,11H,2,5,7H2,1H3. The molecule has 64 valence electrons. The van der Waals surface area contributed by atoms with Crippen LogP contribution in [0.1, 0.15) is 16.9 Å². The van der Waals surface area contributed by atoms with Gasteiger partial charge in [-0.05, 0) is 42.5 Å². The van der Waals surface area contributed by atoms with E-state index in [4.69, 9.17) is 0 Å². The molecule has 0 fully saturated rings. The highest BCUT2D eigenvalue weighted by atomic mass is 32.1. The zero-order chi connectivity index (χ0) is 8.39. The maximum Gasteiger partial charge on any atom is 0.0208 e. The van der Waals surface area contributed by atoms with Gasteiger partial charge >= 0.3 is 0 Å². The summed E-state index contributed by atoms with van der Waals surface area (Å²) in [7, 11) is 0. The van der Waals surface area contributed by atoms with Crippen LogP contribution in [0.3, 0.4) is 0 Å². The van der Waals surface area contributed by atoms with Gasteiger partial charge in [-0.25, -0.2) is 0 Å². The number of aryl methyl sites for hydroxylation is 1. The predicted molar refractivity (Wildman–Crippen MR) is 54.5 cm³/mol. The van der Waals surface area contributed by atoms with Crippen molar-refractivity contribution in [3.05, 3.63) is 28.0 Å². The molecule has 0 unspecified atom stereocenters. The summed E-state index contributed by atoms with van der Waals surface area (Å²) in [4.78, 5) is 1.44. The third-order valence-electron chi connectivity index (χ3n) is 2.23. The van der Waals surface area contributed by atoms with E-state index in [0.717, 1.165) is 13.1 Å². The number of nitrogens with one attached hydrogen (secondary N) is 1. The monoisotopic (exact) mass is 179 g/mol. The fourth-order valence-corrected chi connectivity index (χ4v) is 2.30. The van der Waals surface area contributed by atoms with Gasteiger partial charge in [0.05, 0.1) is 0 Å². The van der Waals surface area contributed by atoms with E-state index in [1.54, 1.807) is 0 Å². The summed E-state index contributed by atoms with van der Waals surface area (Å²) in [6.07, 6.45) is 3.52. The Hall–Kier alpha value is -0.600. The van der Waals surface area contributed by atoms with Crippen LogP contribution in [0.4, 0.5) is 0 Å². The minimum absolute atomic E-state index is 1.04. The van der Waals surface area contributed by atoms with Crippen LogP contribution in [0.2, 0.25) is 0 Å². The Kier molecular flexibility index (Phi) is 2.28. The third-order valence-corrected chi connectivity index (χ3v) is 3.08. The van der Waals surface area contributed by atoms with Gasteiger partial charge in [0.2, 0.25) is 0 Å². The highest BCUT2D eigenvalue weighted by Gasteiger charge is 2.07. The Labute approximate surface area is 77.1 Å². The lowest BCUT2D eigenvalue weighted by Crippen LogP contribution is -2.21. The van der Waals surface area contributed by atoms with Gasteiger partial charge in [0, 0.05) is 11.4 Å². The first-order chi connectivity index (χ1) is 5.88. The van der Waals surface area contributed by atoms with Crippen LogP contribution in [-0.4, -0.2) is 13.1 Å². The maximum absolute atomic E-state index is 3.39. The first kappa shape index (κ1) is 8.02. The second kappa shape index (κ2) is 3.42. The average Bonchev–Trinajstić information content (AvgIpc) is 2.53. The molecule has 2 heterocycles. The molecule has 0 bridgehead atoms. The summed E-state index contributed by atoms with van der Waals surface area (Å²) in [6.45, 7) is 4.36. The van der Waals surface area contributed by atoms with Crippen LogP contribution in [0.15, 0.2) is 17.5 Å². The van der Waals surface area contributed by atoms with Crippen molar-refractivity contribution in [1.82, 2.24) is 5.32 Å². The van der Waals surface area contributed by atoms with Gasteiger partial charge in [0.15, 0.2) is 0 Å². The SMILES string of the molecule is Cc1sccc1C1=CCCNC1. The largest absolute Gasteiger partial charge is 0.312 e. The molecular formula is C10H13NS. The van der Waals surface area contributed by atoms with E-state index in [1.165, 1.54) is 22.4 Å². The maximum atomic E-state index is 3.39. The summed E-state index contributed by atoms with van der Waals surface area (Å²) in [5, 5.41) is 5.55.